The van der Waals surface area contributed by atoms with Crippen LogP contribution in [0.4, 0.5) is 0 Å². The second-order valence-corrected chi connectivity index (χ2v) is 5.99. The SMILES string of the molecule is COc1cc(/C=C/c2ccc(OCCOCCBr)cc2)cc(OC)c1. The van der Waals surface area contributed by atoms with Crippen molar-refractivity contribution in [3.63, 3.8) is 0 Å². The predicted octanol–water partition coefficient (Wildman–Crippen LogP) is 4.66. The molecule has 0 saturated heterocycles. The largest absolute Gasteiger partial charge is 0.497 e. The van der Waals surface area contributed by atoms with Gasteiger partial charge in [-0.05, 0) is 35.4 Å². The van der Waals surface area contributed by atoms with E-state index in [1.54, 1.807) is 14.2 Å². The van der Waals surface area contributed by atoms with E-state index in [2.05, 4.69) is 15.9 Å². The molecule has 0 bridgehead atoms. The minimum absolute atomic E-state index is 0.547. The van der Waals surface area contributed by atoms with Gasteiger partial charge in [0.2, 0.25) is 0 Å². The van der Waals surface area contributed by atoms with E-state index in [9.17, 15) is 0 Å². The minimum atomic E-state index is 0.547. The molecular weight excluding hydrogens is 384 g/mol. The third-order valence-corrected chi connectivity index (χ3v) is 3.76. The van der Waals surface area contributed by atoms with Crippen LogP contribution in [0.15, 0.2) is 42.5 Å². The van der Waals surface area contributed by atoms with Crippen LogP contribution in [0.25, 0.3) is 12.2 Å². The fraction of sp³-hybridized carbons (Fsp3) is 0.300. The first-order valence-electron chi connectivity index (χ1n) is 8.03. The molecule has 0 fully saturated rings. The van der Waals surface area contributed by atoms with Crippen molar-refractivity contribution in [2.45, 2.75) is 0 Å². The molecule has 2 rings (SSSR count). The molecule has 0 aromatic heterocycles. The molecule has 4 nitrogen and oxygen atoms in total. The highest BCUT2D eigenvalue weighted by atomic mass is 79.9. The van der Waals surface area contributed by atoms with Crippen molar-refractivity contribution in [3.8, 4) is 17.2 Å². The summed E-state index contributed by atoms with van der Waals surface area (Å²) < 4.78 is 21.6. The molecule has 0 aliphatic carbocycles. The molecule has 0 aliphatic heterocycles. The number of rotatable bonds is 10. The van der Waals surface area contributed by atoms with Crippen LogP contribution in [0.2, 0.25) is 0 Å². The first kappa shape index (κ1) is 19.3. The van der Waals surface area contributed by atoms with Crippen molar-refractivity contribution in [1.29, 1.82) is 0 Å². The molecule has 0 heterocycles. The monoisotopic (exact) mass is 406 g/mol. The average Bonchev–Trinajstić information content (AvgIpc) is 2.66. The van der Waals surface area contributed by atoms with Gasteiger partial charge in [0.15, 0.2) is 0 Å². The van der Waals surface area contributed by atoms with Crippen LogP contribution in [0, 0.1) is 0 Å². The summed E-state index contributed by atoms with van der Waals surface area (Å²) in [6, 6.07) is 13.7. The molecule has 0 N–H and O–H groups in total. The van der Waals surface area contributed by atoms with Gasteiger partial charge in [-0.1, -0.05) is 40.2 Å². The Morgan fingerprint density at radius 1 is 0.760 bits per heavy atom. The molecule has 0 unspecified atom stereocenters. The van der Waals surface area contributed by atoms with E-state index >= 15 is 0 Å². The summed E-state index contributed by atoms with van der Waals surface area (Å²) in [5.41, 5.74) is 2.10. The Morgan fingerprint density at radius 3 is 2.00 bits per heavy atom. The molecule has 0 atom stereocenters. The van der Waals surface area contributed by atoms with E-state index in [1.165, 1.54) is 0 Å². The van der Waals surface area contributed by atoms with Crippen molar-refractivity contribution in [2.75, 3.05) is 39.4 Å². The Bertz CT molecular complexity index is 646. The van der Waals surface area contributed by atoms with E-state index in [0.717, 1.165) is 33.7 Å². The topological polar surface area (TPSA) is 36.9 Å². The Kier molecular flexibility index (Phi) is 8.35. The molecular formula is C20H23BrO4. The second kappa shape index (κ2) is 10.8. The predicted molar refractivity (Wildman–Crippen MR) is 105 cm³/mol. The highest BCUT2D eigenvalue weighted by Gasteiger charge is 2.00. The number of ether oxygens (including phenoxy) is 4. The normalized spacial score (nSPS) is 10.8. The van der Waals surface area contributed by atoms with E-state index in [4.69, 9.17) is 18.9 Å². The number of hydrogen-bond donors (Lipinski definition) is 0. The average molecular weight is 407 g/mol. The summed E-state index contributed by atoms with van der Waals surface area (Å²) in [5.74, 6) is 2.37. The lowest BCUT2D eigenvalue weighted by atomic mass is 10.1. The van der Waals surface area contributed by atoms with Crippen molar-refractivity contribution < 1.29 is 18.9 Å². The lowest BCUT2D eigenvalue weighted by molar-refractivity contribution is 0.112. The standard InChI is InChI=1S/C20H23BrO4/c1-22-19-13-17(14-20(15-19)23-2)4-3-16-5-7-18(8-6-16)25-12-11-24-10-9-21/h3-8,13-15H,9-12H2,1-2H3/b4-3+. The third kappa shape index (κ3) is 6.80. The molecule has 0 saturated carbocycles. The molecule has 2 aromatic carbocycles. The molecule has 2 aromatic rings. The molecule has 5 heteroatoms. The van der Waals surface area contributed by atoms with E-state index in [1.807, 2.05) is 54.6 Å². The molecule has 0 spiro atoms. The molecule has 0 amide bonds. The number of alkyl halides is 1. The fourth-order valence-electron chi connectivity index (χ4n) is 2.17. The van der Waals surface area contributed by atoms with Crippen LogP contribution in [0.3, 0.4) is 0 Å². The summed E-state index contributed by atoms with van der Waals surface area (Å²) >= 11 is 3.32. The maximum absolute atomic E-state index is 5.63. The number of methoxy groups -OCH3 is 2. The van der Waals surface area contributed by atoms with Gasteiger partial charge in [-0.2, -0.15) is 0 Å². The Balaban J connectivity index is 1.93. The summed E-state index contributed by atoms with van der Waals surface area (Å²) in [4.78, 5) is 0. The highest BCUT2D eigenvalue weighted by Crippen LogP contribution is 2.24. The quantitative estimate of drug-likeness (QED) is 0.326. The van der Waals surface area contributed by atoms with Gasteiger partial charge in [0.25, 0.3) is 0 Å². The van der Waals surface area contributed by atoms with Gasteiger partial charge in [0.05, 0.1) is 27.4 Å². The Labute approximate surface area is 157 Å². The maximum atomic E-state index is 5.63. The van der Waals surface area contributed by atoms with Crippen LogP contribution in [0.1, 0.15) is 11.1 Å². The molecule has 134 valence electrons. The fourth-order valence-corrected chi connectivity index (χ4v) is 2.40. The van der Waals surface area contributed by atoms with E-state index < -0.39 is 0 Å². The van der Waals surface area contributed by atoms with Gasteiger partial charge in [-0.25, -0.2) is 0 Å². The summed E-state index contributed by atoms with van der Waals surface area (Å²) in [5, 5.41) is 0.840. The maximum Gasteiger partial charge on any atom is 0.123 e. The van der Waals surface area contributed by atoms with Gasteiger partial charge < -0.3 is 18.9 Å². The van der Waals surface area contributed by atoms with Crippen molar-refractivity contribution in [2.24, 2.45) is 0 Å². The van der Waals surface area contributed by atoms with Gasteiger partial charge in [0, 0.05) is 11.4 Å². The van der Waals surface area contributed by atoms with E-state index in [-0.39, 0.29) is 0 Å². The van der Waals surface area contributed by atoms with Crippen molar-refractivity contribution in [1.82, 2.24) is 0 Å². The zero-order chi connectivity index (χ0) is 17.9. The van der Waals surface area contributed by atoms with Crippen LogP contribution >= 0.6 is 15.9 Å². The van der Waals surface area contributed by atoms with Crippen molar-refractivity contribution >= 4 is 28.1 Å². The first-order valence-corrected chi connectivity index (χ1v) is 9.15. The lowest BCUT2D eigenvalue weighted by Gasteiger charge is -2.07. The van der Waals surface area contributed by atoms with Gasteiger partial charge in [0.1, 0.15) is 23.9 Å². The van der Waals surface area contributed by atoms with Crippen LogP contribution in [-0.2, 0) is 4.74 Å². The smallest absolute Gasteiger partial charge is 0.123 e. The molecule has 25 heavy (non-hydrogen) atoms. The minimum Gasteiger partial charge on any atom is -0.497 e. The van der Waals surface area contributed by atoms with Crippen molar-refractivity contribution in [3.05, 3.63) is 53.6 Å². The molecule has 0 radical (unpaired) electrons. The molecule has 0 aliphatic rings. The van der Waals surface area contributed by atoms with Gasteiger partial charge >= 0.3 is 0 Å². The van der Waals surface area contributed by atoms with Gasteiger partial charge in [-0.3, -0.25) is 0 Å². The Hall–Kier alpha value is -1.98. The number of hydrogen-bond acceptors (Lipinski definition) is 4. The van der Waals surface area contributed by atoms with Gasteiger partial charge in [-0.15, -0.1) is 0 Å². The van der Waals surface area contributed by atoms with Crippen LogP contribution < -0.4 is 14.2 Å². The lowest BCUT2D eigenvalue weighted by Crippen LogP contribution is -2.07. The first-order chi connectivity index (χ1) is 12.2. The zero-order valence-electron chi connectivity index (χ0n) is 14.5. The number of halogens is 1. The Morgan fingerprint density at radius 2 is 1.40 bits per heavy atom. The third-order valence-electron chi connectivity index (χ3n) is 3.44. The van der Waals surface area contributed by atoms with Crippen LogP contribution in [0.5, 0.6) is 17.2 Å². The summed E-state index contributed by atoms with van der Waals surface area (Å²) in [6.45, 7) is 1.83. The summed E-state index contributed by atoms with van der Waals surface area (Å²) in [7, 11) is 3.29. The summed E-state index contributed by atoms with van der Waals surface area (Å²) in [6.07, 6.45) is 4.06. The second-order valence-electron chi connectivity index (χ2n) is 5.20. The highest BCUT2D eigenvalue weighted by molar-refractivity contribution is 9.09. The van der Waals surface area contributed by atoms with Crippen LogP contribution in [-0.4, -0.2) is 39.4 Å². The number of benzene rings is 2. The zero-order valence-corrected chi connectivity index (χ0v) is 16.1. The van der Waals surface area contributed by atoms with E-state index in [0.29, 0.717) is 19.8 Å².